The van der Waals surface area contributed by atoms with Crippen molar-refractivity contribution in [3.05, 3.63) is 0 Å². The lowest BCUT2D eigenvalue weighted by molar-refractivity contribution is -0.0252. The van der Waals surface area contributed by atoms with E-state index in [9.17, 15) is 8.42 Å². The third kappa shape index (κ3) is 3.38. The minimum Gasteiger partial charge on any atom is -0.377 e. The maximum Gasteiger partial charge on any atom is 0.279 e. The molecule has 1 aliphatic rings. The number of nitrogens with one attached hydrogen (secondary N) is 1. The fourth-order valence-electron chi connectivity index (χ4n) is 2.00. The Kier molecular flexibility index (Phi) is 5.33. The van der Waals surface area contributed by atoms with Gasteiger partial charge in [-0.25, -0.2) is 0 Å². The first-order valence-corrected chi connectivity index (χ1v) is 7.54. The Morgan fingerprint density at radius 2 is 1.94 bits per heavy atom. The van der Waals surface area contributed by atoms with E-state index in [1.807, 2.05) is 20.8 Å². The van der Waals surface area contributed by atoms with Crippen LogP contribution in [0.15, 0.2) is 0 Å². The first-order valence-electron chi connectivity index (χ1n) is 6.10. The Bertz CT molecular complexity index is 328. The van der Waals surface area contributed by atoms with Gasteiger partial charge in [0.15, 0.2) is 0 Å². The zero-order valence-electron chi connectivity index (χ0n) is 10.7. The minimum absolute atomic E-state index is 0.0969. The molecule has 1 saturated carbocycles. The predicted molar refractivity (Wildman–Crippen MR) is 66.8 cm³/mol. The molecule has 0 radical (unpaired) electrons. The second kappa shape index (κ2) is 6.10. The van der Waals surface area contributed by atoms with Crippen LogP contribution in [0.3, 0.4) is 0 Å². The standard InChI is InChI=1S/C10H23N3O3S/c1-4-13(5-2)17(14,15)12-10-8(11)7-9(10)16-6-3/h8-10,12H,4-7,11H2,1-3H3. The monoisotopic (exact) mass is 265 g/mol. The van der Waals surface area contributed by atoms with E-state index < -0.39 is 10.2 Å². The minimum atomic E-state index is -3.44. The van der Waals surface area contributed by atoms with E-state index >= 15 is 0 Å². The summed E-state index contributed by atoms with van der Waals surface area (Å²) in [6, 6.07) is -0.461. The highest BCUT2D eigenvalue weighted by molar-refractivity contribution is 7.87. The van der Waals surface area contributed by atoms with Crippen LogP contribution in [0.2, 0.25) is 0 Å². The van der Waals surface area contributed by atoms with Gasteiger partial charge in [-0.3, -0.25) is 0 Å². The van der Waals surface area contributed by atoms with E-state index in [-0.39, 0.29) is 18.2 Å². The summed E-state index contributed by atoms with van der Waals surface area (Å²) in [5.41, 5.74) is 5.81. The molecule has 1 aliphatic carbocycles. The molecule has 1 fully saturated rings. The third-order valence-corrected chi connectivity index (χ3v) is 4.84. The van der Waals surface area contributed by atoms with E-state index in [0.29, 0.717) is 26.1 Å². The Labute approximate surface area is 104 Å². The summed E-state index contributed by atoms with van der Waals surface area (Å²) in [5, 5.41) is 0. The second-order valence-electron chi connectivity index (χ2n) is 4.13. The van der Waals surface area contributed by atoms with Gasteiger partial charge in [-0.15, -0.1) is 0 Å². The van der Waals surface area contributed by atoms with Gasteiger partial charge in [0.05, 0.1) is 12.1 Å². The van der Waals surface area contributed by atoms with Crippen LogP contribution in [0.4, 0.5) is 0 Å². The van der Waals surface area contributed by atoms with Crippen molar-refractivity contribution >= 4 is 10.2 Å². The molecular formula is C10H23N3O3S. The van der Waals surface area contributed by atoms with Gasteiger partial charge < -0.3 is 10.5 Å². The van der Waals surface area contributed by atoms with E-state index in [1.165, 1.54) is 4.31 Å². The van der Waals surface area contributed by atoms with Crippen molar-refractivity contribution in [3.63, 3.8) is 0 Å². The van der Waals surface area contributed by atoms with E-state index in [0.717, 1.165) is 0 Å². The summed E-state index contributed by atoms with van der Waals surface area (Å²) in [6.07, 6.45) is 0.611. The maximum absolute atomic E-state index is 12.0. The highest BCUT2D eigenvalue weighted by Crippen LogP contribution is 2.23. The SMILES string of the molecule is CCOC1CC(N)C1NS(=O)(=O)N(CC)CC. The van der Waals surface area contributed by atoms with Crippen LogP contribution in [-0.4, -0.2) is 50.6 Å². The molecule has 17 heavy (non-hydrogen) atoms. The molecule has 3 N–H and O–H groups in total. The first kappa shape index (κ1) is 14.8. The highest BCUT2D eigenvalue weighted by atomic mass is 32.2. The summed E-state index contributed by atoms with van der Waals surface area (Å²) in [4.78, 5) is 0. The van der Waals surface area contributed by atoms with Crippen LogP contribution < -0.4 is 10.5 Å². The van der Waals surface area contributed by atoms with Crippen LogP contribution in [0, 0.1) is 0 Å². The number of rotatable bonds is 7. The Morgan fingerprint density at radius 1 is 1.35 bits per heavy atom. The average molecular weight is 265 g/mol. The Hall–Kier alpha value is -0.210. The molecule has 0 amide bonds. The summed E-state index contributed by atoms with van der Waals surface area (Å²) >= 11 is 0. The van der Waals surface area contributed by atoms with Crippen LogP contribution in [0.25, 0.3) is 0 Å². The van der Waals surface area contributed by atoms with Crippen molar-refractivity contribution in [1.82, 2.24) is 9.03 Å². The zero-order chi connectivity index (χ0) is 13.1. The fourth-order valence-corrected chi connectivity index (χ4v) is 3.50. The van der Waals surface area contributed by atoms with E-state index in [1.54, 1.807) is 0 Å². The number of nitrogens with two attached hydrogens (primary N) is 1. The topological polar surface area (TPSA) is 84.7 Å². The van der Waals surface area contributed by atoms with Crippen molar-refractivity contribution in [2.24, 2.45) is 5.73 Å². The van der Waals surface area contributed by atoms with Crippen molar-refractivity contribution in [2.75, 3.05) is 19.7 Å². The molecule has 102 valence electrons. The molecule has 0 saturated heterocycles. The number of ether oxygens (including phenoxy) is 1. The molecule has 0 spiro atoms. The summed E-state index contributed by atoms with van der Waals surface area (Å²) < 4.78 is 33.4. The molecule has 0 aliphatic heterocycles. The third-order valence-electron chi connectivity index (χ3n) is 3.08. The Morgan fingerprint density at radius 3 is 2.35 bits per heavy atom. The zero-order valence-corrected chi connectivity index (χ0v) is 11.5. The van der Waals surface area contributed by atoms with Crippen molar-refractivity contribution in [2.45, 2.75) is 45.4 Å². The van der Waals surface area contributed by atoms with Gasteiger partial charge >= 0.3 is 0 Å². The molecular weight excluding hydrogens is 242 g/mol. The summed E-state index contributed by atoms with van der Waals surface area (Å²) in [5.74, 6) is 0. The Balaban J connectivity index is 2.63. The van der Waals surface area contributed by atoms with Crippen LogP contribution >= 0.6 is 0 Å². The molecule has 0 aromatic rings. The molecule has 0 heterocycles. The number of nitrogens with zero attached hydrogens (tertiary/aromatic N) is 1. The molecule has 0 aromatic heterocycles. The van der Waals surface area contributed by atoms with E-state index in [2.05, 4.69) is 4.72 Å². The molecule has 0 aromatic carbocycles. The normalized spacial score (nSPS) is 29.4. The molecule has 1 rings (SSSR count). The quantitative estimate of drug-likeness (QED) is 0.660. The van der Waals surface area contributed by atoms with Crippen molar-refractivity contribution < 1.29 is 13.2 Å². The molecule has 3 unspecified atom stereocenters. The summed E-state index contributed by atoms with van der Waals surface area (Å²) in [7, 11) is -3.44. The smallest absolute Gasteiger partial charge is 0.279 e. The first-order chi connectivity index (χ1) is 7.96. The van der Waals surface area contributed by atoms with Gasteiger partial charge in [0.25, 0.3) is 10.2 Å². The summed E-state index contributed by atoms with van der Waals surface area (Å²) in [6.45, 7) is 6.98. The largest absolute Gasteiger partial charge is 0.377 e. The predicted octanol–water partition coefficient (Wildman–Crippen LogP) is -0.333. The van der Waals surface area contributed by atoms with Crippen molar-refractivity contribution in [1.29, 1.82) is 0 Å². The molecule has 0 bridgehead atoms. The highest BCUT2D eigenvalue weighted by Gasteiger charge is 2.42. The van der Waals surface area contributed by atoms with Gasteiger partial charge in [0.1, 0.15) is 0 Å². The van der Waals surface area contributed by atoms with Gasteiger partial charge in [0.2, 0.25) is 0 Å². The molecule has 3 atom stereocenters. The lowest BCUT2D eigenvalue weighted by atomic mass is 9.84. The molecule has 7 heteroatoms. The van der Waals surface area contributed by atoms with Crippen LogP contribution in [0.5, 0.6) is 0 Å². The van der Waals surface area contributed by atoms with Gasteiger partial charge in [-0.05, 0) is 13.3 Å². The van der Waals surface area contributed by atoms with E-state index in [4.69, 9.17) is 10.5 Å². The lowest BCUT2D eigenvalue weighted by Gasteiger charge is -2.42. The fraction of sp³-hybridized carbons (Fsp3) is 1.00. The van der Waals surface area contributed by atoms with Crippen LogP contribution in [-0.2, 0) is 14.9 Å². The van der Waals surface area contributed by atoms with Gasteiger partial charge in [-0.2, -0.15) is 17.4 Å². The van der Waals surface area contributed by atoms with Crippen LogP contribution in [0.1, 0.15) is 27.2 Å². The number of hydrogen-bond donors (Lipinski definition) is 2. The average Bonchev–Trinajstić information content (AvgIpc) is 2.27. The lowest BCUT2D eigenvalue weighted by Crippen LogP contribution is -2.66. The number of hydrogen-bond acceptors (Lipinski definition) is 4. The maximum atomic E-state index is 12.0. The second-order valence-corrected chi connectivity index (χ2v) is 5.83. The van der Waals surface area contributed by atoms with Gasteiger partial charge in [-0.1, -0.05) is 13.8 Å². The van der Waals surface area contributed by atoms with Crippen molar-refractivity contribution in [3.8, 4) is 0 Å². The van der Waals surface area contributed by atoms with Gasteiger partial charge in [0, 0.05) is 25.7 Å². The molecule has 6 nitrogen and oxygen atoms in total.